The lowest BCUT2D eigenvalue weighted by Gasteiger charge is -2.31. The number of carbonyl (C=O) groups is 1. The molecule has 0 aromatic carbocycles. The van der Waals surface area contributed by atoms with Crippen molar-refractivity contribution in [2.24, 2.45) is 11.8 Å². The van der Waals surface area contributed by atoms with Gasteiger partial charge in [-0.25, -0.2) is 0 Å². The molecule has 0 spiro atoms. The predicted molar refractivity (Wildman–Crippen MR) is 61.8 cm³/mol. The second-order valence-corrected chi connectivity index (χ2v) is 5.25. The van der Waals surface area contributed by atoms with E-state index in [1.165, 1.54) is 25.7 Å². The SMILES string of the molecule is CCC1CCNC(CC(=O)C2CCC2)C1. The lowest BCUT2D eigenvalue weighted by Crippen LogP contribution is -2.40. The van der Waals surface area contributed by atoms with Gasteiger partial charge in [0.2, 0.25) is 0 Å². The summed E-state index contributed by atoms with van der Waals surface area (Å²) in [5.41, 5.74) is 0. The zero-order valence-electron chi connectivity index (χ0n) is 9.80. The van der Waals surface area contributed by atoms with E-state index in [9.17, 15) is 4.79 Å². The van der Waals surface area contributed by atoms with Crippen LogP contribution in [0.5, 0.6) is 0 Å². The molecule has 1 aliphatic heterocycles. The first-order chi connectivity index (χ1) is 7.29. The molecule has 0 aromatic rings. The average molecular weight is 209 g/mol. The van der Waals surface area contributed by atoms with Crippen LogP contribution in [-0.2, 0) is 4.79 Å². The van der Waals surface area contributed by atoms with Gasteiger partial charge in [0.15, 0.2) is 0 Å². The van der Waals surface area contributed by atoms with E-state index in [4.69, 9.17) is 0 Å². The zero-order valence-corrected chi connectivity index (χ0v) is 9.80. The Morgan fingerprint density at radius 2 is 2.13 bits per heavy atom. The molecular formula is C13H23NO. The van der Waals surface area contributed by atoms with Crippen molar-refractivity contribution in [1.82, 2.24) is 5.32 Å². The number of Topliss-reactive ketones (excluding diaryl/α,β-unsaturated/α-hetero) is 1. The summed E-state index contributed by atoms with van der Waals surface area (Å²) in [7, 11) is 0. The molecule has 2 aliphatic rings. The summed E-state index contributed by atoms with van der Waals surface area (Å²) >= 11 is 0. The van der Waals surface area contributed by atoms with Crippen LogP contribution in [0.4, 0.5) is 0 Å². The lowest BCUT2D eigenvalue weighted by molar-refractivity contribution is -0.125. The Hall–Kier alpha value is -0.370. The number of carbonyl (C=O) groups excluding carboxylic acids is 1. The first-order valence-electron chi connectivity index (χ1n) is 6.55. The second-order valence-electron chi connectivity index (χ2n) is 5.25. The monoisotopic (exact) mass is 209 g/mol. The molecule has 1 heterocycles. The van der Waals surface area contributed by atoms with Gasteiger partial charge in [-0.2, -0.15) is 0 Å². The Balaban J connectivity index is 1.75. The number of hydrogen-bond donors (Lipinski definition) is 1. The van der Waals surface area contributed by atoms with Crippen LogP contribution >= 0.6 is 0 Å². The van der Waals surface area contributed by atoms with E-state index in [2.05, 4.69) is 12.2 Å². The van der Waals surface area contributed by atoms with Gasteiger partial charge in [-0.05, 0) is 38.1 Å². The van der Waals surface area contributed by atoms with E-state index >= 15 is 0 Å². The third-order valence-electron chi connectivity index (χ3n) is 4.19. The van der Waals surface area contributed by atoms with Gasteiger partial charge in [0.05, 0.1) is 0 Å². The van der Waals surface area contributed by atoms with Crippen LogP contribution in [0.2, 0.25) is 0 Å². The molecule has 2 atom stereocenters. The molecule has 0 radical (unpaired) electrons. The van der Waals surface area contributed by atoms with Crippen LogP contribution in [-0.4, -0.2) is 18.4 Å². The minimum absolute atomic E-state index is 0.425. The normalized spacial score (nSPS) is 32.3. The van der Waals surface area contributed by atoms with Crippen molar-refractivity contribution in [3.8, 4) is 0 Å². The maximum atomic E-state index is 11.8. The van der Waals surface area contributed by atoms with E-state index in [1.807, 2.05) is 0 Å². The van der Waals surface area contributed by atoms with Crippen molar-refractivity contribution in [3.63, 3.8) is 0 Å². The van der Waals surface area contributed by atoms with Crippen LogP contribution in [0.1, 0.15) is 51.9 Å². The molecule has 1 saturated carbocycles. The van der Waals surface area contributed by atoms with E-state index in [0.717, 1.165) is 31.7 Å². The molecule has 2 rings (SSSR count). The first kappa shape index (κ1) is 11.1. The first-order valence-corrected chi connectivity index (χ1v) is 6.55. The van der Waals surface area contributed by atoms with Crippen LogP contribution in [0, 0.1) is 11.8 Å². The summed E-state index contributed by atoms with van der Waals surface area (Å²) in [6.45, 7) is 3.38. The topological polar surface area (TPSA) is 29.1 Å². The summed E-state index contributed by atoms with van der Waals surface area (Å²) in [6, 6.07) is 0.483. The largest absolute Gasteiger partial charge is 0.314 e. The highest BCUT2D eigenvalue weighted by Gasteiger charge is 2.29. The number of ketones is 1. The number of nitrogens with one attached hydrogen (secondary N) is 1. The van der Waals surface area contributed by atoms with E-state index in [1.54, 1.807) is 0 Å². The second kappa shape index (κ2) is 5.11. The van der Waals surface area contributed by atoms with Crippen molar-refractivity contribution in [1.29, 1.82) is 0 Å². The van der Waals surface area contributed by atoms with Crippen LogP contribution in [0.3, 0.4) is 0 Å². The quantitative estimate of drug-likeness (QED) is 0.771. The molecule has 2 nitrogen and oxygen atoms in total. The Kier molecular flexibility index (Phi) is 3.79. The Morgan fingerprint density at radius 1 is 1.33 bits per heavy atom. The van der Waals surface area contributed by atoms with Gasteiger partial charge in [0.1, 0.15) is 5.78 Å². The van der Waals surface area contributed by atoms with Crippen LogP contribution in [0.25, 0.3) is 0 Å². The molecule has 2 heteroatoms. The predicted octanol–water partition coefficient (Wildman–Crippen LogP) is 2.52. The third-order valence-corrected chi connectivity index (χ3v) is 4.19. The van der Waals surface area contributed by atoms with Crippen molar-refractivity contribution in [3.05, 3.63) is 0 Å². The van der Waals surface area contributed by atoms with Gasteiger partial charge in [0, 0.05) is 18.4 Å². The highest BCUT2D eigenvalue weighted by Crippen LogP contribution is 2.30. The summed E-state index contributed by atoms with van der Waals surface area (Å²) in [6.07, 6.45) is 8.16. The third kappa shape index (κ3) is 2.81. The fraction of sp³-hybridized carbons (Fsp3) is 0.923. The van der Waals surface area contributed by atoms with Gasteiger partial charge in [0.25, 0.3) is 0 Å². The van der Waals surface area contributed by atoms with E-state index in [-0.39, 0.29) is 0 Å². The molecule has 86 valence electrons. The van der Waals surface area contributed by atoms with E-state index in [0.29, 0.717) is 17.7 Å². The van der Waals surface area contributed by atoms with Crippen molar-refractivity contribution in [2.75, 3.05) is 6.54 Å². The molecule has 2 fully saturated rings. The Labute approximate surface area is 92.8 Å². The number of rotatable bonds is 4. The van der Waals surface area contributed by atoms with Gasteiger partial charge in [-0.1, -0.05) is 19.8 Å². The summed E-state index contributed by atoms with van der Waals surface area (Å²) < 4.78 is 0. The molecule has 1 saturated heterocycles. The summed E-state index contributed by atoms with van der Waals surface area (Å²) in [5, 5.41) is 3.50. The Bertz CT molecular complexity index is 223. The fourth-order valence-electron chi connectivity index (χ4n) is 2.76. The fourth-order valence-corrected chi connectivity index (χ4v) is 2.76. The standard InChI is InChI=1S/C13H23NO/c1-2-10-6-7-14-12(8-10)9-13(15)11-4-3-5-11/h10-12,14H,2-9H2,1H3. The number of hydrogen-bond acceptors (Lipinski definition) is 2. The maximum Gasteiger partial charge on any atom is 0.137 e. The van der Waals surface area contributed by atoms with Gasteiger partial charge in [-0.3, -0.25) is 4.79 Å². The van der Waals surface area contributed by atoms with Gasteiger partial charge >= 0.3 is 0 Å². The average Bonchev–Trinajstić information content (AvgIpc) is 2.15. The zero-order chi connectivity index (χ0) is 10.7. The van der Waals surface area contributed by atoms with E-state index < -0.39 is 0 Å². The summed E-state index contributed by atoms with van der Waals surface area (Å²) in [5.74, 6) is 1.80. The van der Waals surface area contributed by atoms with Crippen LogP contribution in [0.15, 0.2) is 0 Å². The minimum Gasteiger partial charge on any atom is -0.314 e. The minimum atomic E-state index is 0.425. The van der Waals surface area contributed by atoms with Crippen molar-refractivity contribution < 1.29 is 4.79 Å². The van der Waals surface area contributed by atoms with Crippen LogP contribution < -0.4 is 5.32 Å². The summed E-state index contributed by atoms with van der Waals surface area (Å²) in [4.78, 5) is 11.8. The Morgan fingerprint density at radius 3 is 2.73 bits per heavy atom. The number of piperidine rings is 1. The van der Waals surface area contributed by atoms with Gasteiger partial charge in [-0.15, -0.1) is 0 Å². The lowest BCUT2D eigenvalue weighted by atomic mass is 9.78. The molecule has 0 amide bonds. The molecule has 1 N–H and O–H groups in total. The molecule has 1 aliphatic carbocycles. The van der Waals surface area contributed by atoms with Crippen molar-refractivity contribution >= 4 is 5.78 Å². The highest BCUT2D eigenvalue weighted by molar-refractivity contribution is 5.82. The molecule has 0 aromatic heterocycles. The maximum absolute atomic E-state index is 11.8. The van der Waals surface area contributed by atoms with Gasteiger partial charge < -0.3 is 5.32 Å². The molecular weight excluding hydrogens is 186 g/mol. The highest BCUT2D eigenvalue weighted by atomic mass is 16.1. The molecule has 2 unspecified atom stereocenters. The molecule has 0 bridgehead atoms. The van der Waals surface area contributed by atoms with Crippen molar-refractivity contribution in [2.45, 2.75) is 57.9 Å². The molecule has 15 heavy (non-hydrogen) atoms. The smallest absolute Gasteiger partial charge is 0.137 e.